The summed E-state index contributed by atoms with van der Waals surface area (Å²) in [5, 5.41) is 6.11. The molecule has 34 heavy (non-hydrogen) atoms. The molecule has 0 radical (unpaired) electrons. The van der Waals surface area contributed by atoms with Gasteiger partial charge in [-0.25, -0.2) is 9.97 Å². The molecule has 0 aliphatic carbocycles. The molecule has 1 aromatic heterocycles. The van der Waals surface area contributed by atoms with Crippen molar-refractivity contribution in [3.05, 3.63) is 60.3 Å². The van der Waals surface area contributed by atoms with Gasteiger partial charge in [0.05, 0.1) is 11.7 Å². The van der Waals surface area contributed by atoms with E-state index in [-0.39, 0.29) is 5.91 Å². The van der Waals surface area contributed by atoms with Crippen molar-refractivity contribution in [1.82, 2.24) is 14.9 Å². The van der Waals surface area contributed by atoms with Crippen LogP contribution in [0.15, 0.2) is 54.7 Å². The number of benzene rings is 2. The largest absolute Gasteiger partial charge is 0.369 e. The maximum atomic E-state index is 11.8. The second-order valence-corrected chi connectivity index (χ2v) is 8.67. The number of anilines is 4. The van der Waals surface area contributed by atoms with E-state index in [1.807, 2.05) is 37.4 Å². The number of hydrogen-bond acceptors (Lipinski definition) is 7. The molecular formula is C26H33N7O. The van der Waals surface area contributed by atoms with Crippen LogP contribution in [0.1, 0.15) is 19.4 Å². The third-order valence-corrected chi connectivity index (χ3v) is 6.12. The van der Waals surface area contributed by atoms with E-state index >= 15 is 0 Å². The lowest BCUT2D eigenvalue weighted by Crippen LogP contribution is -2.46. The van der Waals surface area contributed by atoms with Crippen molar-refractivity contribution >= 4 is 28.9 Å². The molecule has 1 aliphatic heterocycles. The zero-order valence-electron chi connectivity index (χ0n) is 20.1. The van der Waals surface area contributed by atoms with Gasteiger partial charge in [-0.1, -0.05) is 19.1 Å². The van der Waals surface area contributed by atoms with Gasteiger partial charge in [-0.2, -0.15) is 0 Å². The first-order valence-electron chi connectivity index (χ1n) is 11.8. The first-order chi connectivity index (χ1) is 16.4. The Hall–Kier alpha value is -3.49. The summed E-state index contributed by atoms with van der Waals surface area (Å²) in [5.74, 6) is 0.325. The molecule has 1 saturated heterocycles. The second kappa shape index (κ2) is 10.6. The van der Waals surface area contributed by atoms with Gasteiger partial charge in [0.2, 0.25) is 11.9 Å². The van der Waals surface area contributed by atoms with Crippen LogP contribution in [0, 0.1) is 6.92 Å². The van der Waals surface area contributed by atoms with Gasteiger partial charge < -0.3 is 26.2 Å². The van der Waals surface area contributed by atoms with E-state index in [9.17, 15) is 4.79 Å². The molecular weight excluding hydrogens is 426 g/mol. The predicted molar refractivity (Wildman–Crippen MR) is 139 cm³/mol. The smallest absolute Gasteiger partial charge is 0.240 e. The number of likely N-dealkylation sites (N-methyl/N-ethyl adjacent to an activating group) is 1. The minimum atomic E-state index is -0.558. The van der Waals surface area contributed by atoms with E-state index in [0.29, 0.717) is 11.6 Å². The fraction of sp³-hybridized carbons (Fsp3) is 0.346. The Morgan fingerprint density at radius 3 is 2.29 bits per heavy atom. The highest BCUT2D eigenvalue weighted by atomic mass is 16.2. The number of nitrogens with one attached hydrogen (secondary N) is 2. The predicted octanol–water partition coefficient (Wildman–Crippen LogP) is 3.62. The molecule has 0 saturated carbocycles. The molecule has 1 fully saturated rings. The Morgan fingerprint density at radius 1 is 1.03 bits per heavy atom. The Morgan fingerprint density at radius 2 is 1.68 bits per heavy atom. The quantitative estimate of drug-likeness (QED) is 0.496. The van der Waals surface area contributed by atoms with Crippen LogP contribution in [0.3, 0.4) is 0 Å². The molecule has 4 rings (SSSR count). The van der Waals surface area contributed by atoms with Crippen LogP contribution in [0.5, 0.6) is 0 Å². The Labute approximate surface area is 201 Å². The number of carbonyl (C=O) groups excluding carboxylic acids is 1. The summed E-state index contributed by atoms with van der Waals surface area (Å²) >= 11 is 0. The normalized spacial score (nSPS) is 15.1. The monoisotopic (exact) mass is 459 g/mol. The summed E-state index contributed by atoms with van der Waals surface area (Å²) in [6.45, 7) is 11.3. The van der Waals surface area contributed by atoms with Gasteiger partial charge in [0.1, 0.15) is 0 Å². The average molecular weight is 460 g/mol. The van der Waals surface area contributed by atoms with Crippen LogP contribution in [0.2, 0.25) is 0 Å². The maximum absolute atomic E-state index is 11.8. The lowest BCUT2D eigenvalue weighted by atomic mass is 10.1. The summed E-state index contributed by atoms with van der Waals surface area (Å²) < 4.78 is 0. The highest BCUT2D eigenvalue weighted by molar-refractivity contribution is 5.94. The zero-order chi connectivity index (χ0) is 24.1. The van der Waals surface area contributed by atoms with Crippen molar-refractivity contribution in [1.29, 1.82) is 0 Å². The van der Waals surface area contributed by atoms with E-state index in [1.165, 1.54) is 5.69 Å². The summed E-state index contributed by atoms with van der Waals surface area (Å²) in [5.41, 5.74) is 11.3. The number of rotatable bonds is 7. The van der Waals surface area contributed by atoms with Gasteiger partial charge in [0, 0.05) is 55.0 Å². The number of hydrogen-bond donors (Lipinski definition) is 3. The molecule has 2 heterocycles. The van der Waals surface area contributed by atoms with Crippen molar-refractivity contribution < 1.29 is 4.79 Å². The van der Waals surface area contributed by atoms with Gasteiger partial charge in [-0.15, -0.1) is 0 Å². The fourth-order valence-corrected chi connectivity index (χ4v) is 3.97. The van der Waals surface area contributed by atoms with Gasteiger partial charge in [0.15, 0.2) is 0 Å². The number of amides is 1. The molecule has 0 unspecified atom stereocenters. The van der Waals surface area contributed by atoms with Crippen LogP contribution in [0.4, 0.5) is 23.0 Å². The molecule has 0 bridgehead atoms. The summed E-state index contributed by atoms with van der Waals surface area (Å²) in [6, 6.07) is 15.4. The first kappa shape index (κ1) is 23.7. The summed E-state index contributed by atoms with van der Waals surface area (Å²) in [7, 11) is 0. The topological polar surface area (TPSA) is 99.4 Å². The van der Waals surface area contributed by atoms with Gasteiger partial charge >= 0.3 is 0 Å². The maximum Gasteiger partial charge on any atom is 0.240 e. The summed E-state index contributed by atoms with van der Waals surface area (Å²) in [4.78, 5) is 25.9. The zero-order valence-corrected chi connectivity index (χ0v) is 20.1. The molecule has 8 heteroatoms. The fourth-order valence-electron chi connectivity index (χ4n) is 3.97. The molecule has 1 amide bonds. The highest BCUT2D eigenvalue weighted by Crippen LogP contribution is 2.26. The minimum absolute atomic E-state index is 0.216. The van der Waals surface area contributed by atoms with Crippen molar-refractivity contribution in [3.8, 4) is 11.3 Å². The van der Waals surface area contributed by atoms with Gasteiger partial charge in [-0.3, -0.25) is 4.79 Å². The van der Waals surface area contributed by atoms with Gasteiger partial charge in [0.25, 0.3) is 0 Å². The minimum Gasteiger partial charge on any atom is -0.369 e. The van der Waals surface area contributed by atoms with E-state index in [0.717, 1.165) is 55.2 Å². The second-order valence-electron chi connectivity index (χ2n) is 8.67. The Bertz CT molecular complexity index is 1100. The SMILES string of the molecule is CCN1CCN(c2ccc(Nc3ncc(C)c(-c4ccc(NC(=O)[C@@H](C)N)cc4)n3)cc2)CC1. The lowest BCUT2D eigenvalue weighted by molar-refractivity contribution is -0.117. The molecule has 3 aromatic rings. The molecule has 1 atom stereocenters. The van der Waals surface area contributed by atoms with E-state index in [1.54, 1.807) is 6.92 Å². The van der Waals surface area contributed by atoms with E-state index < -0.39 is 6.04 Å². The third kappa shape index (κ3) is 5.70. The average Bonchev–Trinajstić information content (AvgIpc) is 2.86. The standard InChI is InChI=1S/C26H33N7O/c1-4-32-13-15-33(16-14-32)23-11-9-22(10-12-23)30-26-28-17-18(2)24(31-26)20-5-7-21(8-6-20)29-25(34)19(3)27/h5-12,17,19H,4,13-16,27H2,1-3H3,(H,29,34)(H,28,30,31)/t19-/m1/s1. The van der Waals surface area contributed by atoms with Crippen LogP contribution in [0.25, 0.3) is 11.3 Å². The number of piperazine rings is 1. The van der Waals surface area contributed by atoms with Gasteiger partial charge in [-0.05, 0) is 62.4 Å². The Kier molecular flexibility index (Phi) is 7.40. The molecule has 178 valence electrons. The van der Waals surface area contributed by atoms with Crippen molar-refractivity contribution in [2.45, 2.75) is 26.8 Å². The Balaban J connectivity index is 1.43. The van der Waals surface area contributed by atoms with E-state index in [2.05, 4.69) is 56.6 Å². The molecule has 1 aliphatic rings. The molecule has 8 nitrogen and oxygen atoms in total. The lowest BCUT2D eigenvalue weighted by Gasteiger charge is -2.35. The highest BCUT2D eigenvalue weighted by Gasteiger charge is 2.16. The van der Waals surface area contributed by atoms with Crippen molar-refractivity contribution in [2.75, 3.05) is 48.3 Å². The van der Waals surface area contributed by atoms with Crippen LogP contribution in [-0.2, 0) is 4.79 Å². The molecule has 0 spiro atoms. The third-order valence-electron chi connectivity index (χ3n) is 6.12. The number of aryl methyl sites for hydroxylation is 1. The number of nitrogens with zero attached hydrogens (tertiary/aromatic N) is 4. The summed E-state index contributed by atoms with van der Waals surface area (Å²) in [6.07, 6.45) is 1.82. The first-order valence-corrected chi connectivity index (χ1v) is 11.8. The van der Waals surface area contributed by atoms with Crippen molar-refractivity contribution in [3.63, 3.8) is 0 Å². The van der Waals surface area contributed by atoms with E-state index in [4.69, 9.17) is 10.7 Å². The number of aromatic nitrogens is 2. The molecule has 2 aromatic carbocycles. The molecule has 4 N–H and O–H groups in total. The number of carbonyl (C=O) groups is 1. The van der Waals surface area contributed by atoms with Crippen molar-refractivity contribution in [2.24, 2.45) is 5.73 Å². The van der Waals surface area contributed by atoms with Crippen LogP contribution >= 0.6 is 0 Å². The van der Waals surface area contributed by atoms with Crippen LogP contribution < -0.4 is 21.3 Å². The number of nitrogens with two attached hydrogens (primary N) is 1. The van der Waals surface area contributed by atoms with Crippen LogP contribution in [-0.4, -0.2) is 59.5 Å².